The summed E-state index contributed by atoms with van der Waals surface area (Å²) in [5, 5.41) is 4.87. The summed E-state index contributed by atoms with van der Waals surface area (Å²) in [5.41, 5.74) is 1.15. The summed E-state index contributed by atoms with van der Waals surface area (Å²) in [5.74, 6) is -0.0687. The van der Waals surface area contributed by atoms with Crippen molar-refractivity contribution < 1.29 is 13.2 Å². The summed E-state index contributed by atoms with van der Waals surface area (Å²) in [6, 6.07) is 1.47. The molecule has 0 saturated carbocycles. The third-order valence-corrected chi connectivity index (χ3v) is 6.82. The number of amides is 1. The number of hydrogen-bond acceptors (Lipinski definition) is 4. The van der Waals surface area contributed by atoms with Crippen LogP contribution in [0, 0.1) is 6.92 Å². The van der Waals surface area contributed by atoms with Gasteiger partial charge in [-0.3, -0.25) is 4.79 Å². The van der Waals surface area contributed by atoms with E-state index < -0.39 is 16.1 Å². The Hall–Kier alpha value is -0.920. The Kier molecular flexibility index (Phi) is 5.40. The molecule has 0 bridgehead atoms. The van der Waals surface area contributed by atoms with Gasteiger partial charge in [-0.15, -0.1) is 11.3 Å². The van der Waals surface area contributed by atoms with Gasteiger partial charge in [0.1, 0.15) is 6.04 Å². The summed E-state index contributed by atoms with van der Waals surface area (Å²) in [6.07, 6.45) is 1.93. The highest BCUT2D eigenvalue weighted by molar-refractivity contribution is 7.89. The zero-order valence-corrected chi connectivity index (χ0v) is 14.1. The molecule has 7 heteroatoms. The fourth-order valence-corrected chi connectivity index (χ4v) is 5.17. The normalized spacial score (nSPS) is 19.8. The first-order chi connectivity index (χ1) is 9.95. The lowest BCUT2D eigenvalue weighted by molar-refractivity contribution is -0.124. The van der Waals surface area contributed by atoms with Crippen LogP contribution in [0.2, 0.25) is 0 Å². The van der Waals surface area contributed by atoms with Crippen molar-refractivity contribution in [1.82, 2.24) is 9.62 Å². The van der Waals surface area contributed by atoms with E-state index in [1.54, 1.807) is 11.3 Å². The third-order valence-electron chi connectivity index (χ3n) is 3.72. The van der Waals surface area contributed by atoms with Gasteiger partial charge in [-0.25, -0.2) is 8.42 Å². The zero-order chi connectivity index (χ0) is 15.5. The van der Waals surface area contributed by atoms with E-state index in [1.807, 2.05) is 25.3 Å². The van der Waals surface area contributed by atoms with Gasteiger partial charge in [0.05, 0.1) is 12.3 Å². The van der Waals surface area contributed by atoms with Gasteiger partial charge >= 0.3 is 0 Å². The minimum atomic E-state index is -3.31. The monoisotopic (exact) mass is 330 g/mol. The number of carbonyl (C=O) groups is 1. The average Bonchev–Trinajstić information content (AvgIpc) is 3.05. The van der Waals surface area contributed by atoms with Crippen LogP contribution in [0.3, 0.4) is 0 Å². The lowest BCUT2D eigenvalue weighted by atomic mass is 10.2. The summed E-state index contributed by atoms with van der Waals surface area (Å²) < 4.78 is 25.7. The van der Waals surface area contributed by atoms with Crippen LogP contribution in [0.1, 0.15) is 36.6 Å². The van der Waals surface area contributed by atoms with Gasteiger partial charge in [0.25, 0.3) is 0 Å². The molecule has 1 aromatic rings. The van der Waals surface area contributed by atoms with Gasteiger partial charge in [0.2, 0.25) is 15.9 Å². The van der Waals surface area contributed by atoms with E-state index in [1.165, 1.54) is 4.31 Å². The van der Waals surface area contributed by atoms with Crippen molar-refractivity contribution in [3.8, 4) is 0 Å². The van der Waals surface area contributed by atoms with Crippen LogP contribution < -0.4 is 5.32 Å². The Morgan fingerprint density at radius 3 is 2.90 bits per heavy atom. The molecule has 0 spiro atoms. The highest BCUT2D eigenvalue weighted by Gasteiger charge is 2.37. The number of nitrogens with one attached hydrogen (secondary N) is 1. The van der Waals surface area contributed by atoms with Crippen LogP contribution in [0.15, 0.2) is 11.4 Å². The molecule has 1 aromatic heterocycles. The molecule has 0 aliphatic carbocycles. The fraction of sp³-hybridized carbons (Fsp3) is 0.643. The number of hydrogen-bond donors (Lipinski definition) is 1. The lowest BCUT2D eigenvalue weighted by Gasteiger charge is -2.23. The first kappa shape index (κ1) is 16.5. The Morgan fingerprint density at radius 1 is 1.52 bits per heavy atom. The quantitative estimate of drug-likeness (QED) is 0.866. The van der Waals surface area contributed by atoms with Crippen LogP contribution >= 0.6 is 11.3 Å². The summed E-state index contributed by atoms with van der Waals surface area (Å²) in [6.45, 7) is 4.77. The molecular weight excluding hydrogens is 308 g/mol. The molecule has 2 heterocycles. The third kappa shape index (κ3) is 3.84. The van der Waals surface area contributed by atoms with Crippen molar-refractivity contribution in [1.29, 1.82) is 0 Å². The van der Waals surface area contributed by atoms with E-state index >= 15 is 0 Å². The first-order valence-electron chi connectivity index (χ1n) is 7.26. The van der Waals surface area contributed by atoms with Crippen molar-refractivity contribution in [2.75, 3.05) is 12.3 Å². The van der Waals surface area contributed by atoms with Crippen molar-refractivity contribution in [3.63, 3.8) is 0 Å². The Labute approximate surface area is 130 Å². The largest absolute Gasteiger partial charge is 0.350 e. The van der Waals surface area contributed by atoms with Crippen LogP contribution in [0.5, 0.6) is 0 Å². The average molecular weight is 330 g/mol. The molecule has 1 atom stereocenters. The molecule has 1 saturated heterocycles. The molecule has 1 aliphatic rings. The maximum atomic E-state index is 12.3. The zero-order valence-electron chi connectivity index (χ0n) is 12.5. The standard InChI is InChI=1S/C14H22N2O3S2/c1-3-9-21(18,19)16-7-4-5-12(16)14(17)15-10-13-11(2)6-8-20-13/h6,8,12H,3-5,7,9-10H2,1-2H3,(H,15,17)/t12-/m0/s1. The molecule has 1 aliphatic heterocycles. The van der Waals surface area contributed by atoms with E-state index in [0.29, 0.717) is 25.9 Å². The highest BCUT2D eigenvalue weighted by Crippen LogP contribution is 2.22. The van der Waals surface area contributed by atoms with Crippen molar-refractivity contribution >= 4 is 27.3 Å². The molecule has 1 N–H and O–H groups in total. The van der Waals surface area contributed by atoms with Crippen LogP contribution in [-0.2, 0) is 21.4 Å². The van der Waals surface area contributed by atoms with Gasteiger partial charge in [0, 0.05) is 11.4 Å². The smallest absolute Gasteiger partial charge is 0.238 e. The molecule has 5 nitrogen and oxygen atoms in total. The van der Waals surface area contributed by atoms with Gasteiger partial charge < -0.3 is 5.32 Å². The molecule has 118 valence electrons. The van der Waals surface area contributed by atoms with E-state index in [2.05, 4.69) is 5.32 Å². The van der Waals surface area contributed by atoms with E-state index in [4.69, 9.17) is 0 Å². The van der Waals surface area contributed by atoms with Crippen LogP contribution in [-0.4, -0.2) is 37.0 Å². The maximum absolute atomic E-state index is 12.3. The van der Waals surface area contributed by atoms with Gasteiger partial charge in [0.15, 0.2) is 0 Å². The van der Waals surface area contributed by atoms with Crippen molar-refractivity contribution in [2.45, 2.75) is 45.7 Å². The second kappa shape index (κ2) is 6.89. The summed E-state index contributed by atoms with van der Waals surface area (Å²) in [4.78, 5) is 13.4. The van der Waals surface area contributed by atoms with E-state index in [0.717, 1.165) is 16.9 Å². The SMILES string of the molecule is CCCS(=O)(=O)N1CCC[C@H]1C(=O)NCc1sccc1C. The van der Waals surface area contributed by atoms with Gasteiger partial charge in [-0.1, -0.05) is 6.92 Å². The van der Waals surface area contributed by atoms with E-state index in [9.17, 15) is 13.2 Å². The minimum absolute atomic E-state index is 0.112. The number of thiophene rings is 1. The molecule has 0 aromatic carbocycles. The Morgan fingerprint density at radius 2 is 2.29 bits per heavy atom. The predicted molar refractivity (Wildman–Crippen MR) is 84.7 cm³/mol. The van der Waals surface area contributed by atoms with Crippen LogP contribution in [0.4, 0.5) is 0 Å². The first-order valence-corrected chi connectivity index (χ1v) is 9.74. The molecule has 21 heavy (non-hydrogen) atoms. The Bertz CT molecular complexity index is 595. The van der Waals surface area contributed by atoms with E-state index in [-0.39, 0.29) is 11.7 Å². The predicted octanol–water partition coefficient (Wildman–Crippen LogP) is 1.88. The minimum Gasteiger partial charge on any atom is -0.350 e. The number of sulfonamides is 1. The summed E-state index contributed by atoms with van der Waals surface area (Å²) >= 11 is 1.60. The highest BCUT2D eigenvalue weighted by atomic mass is 32.2. The maximum Gasteiger partial charge on any atom is 0.238 e. The molecule has 0 unspecified atom stereocenters. The number of nitrogens with zero attached hydrogens (tertiary/aromatic N) is 1. The number of carbonyl (C=O) groups excluding carboxylic acids is 1. The lowest BCUT2D eigenvalue weighted by Crippen LogP contribution is -2.46. The molecule has 1 amide bonds. The van der Waals surface area contributed by atoms with Gasteiger partial charge in [-0.05, 0) is 43.2 Å². The molecule has 2 rings (SSSR count). The second-order valence-electron chi connectivity index (χ2n) is 5.33. The topological polar surface area (TPSA) is 66.5 Å². The fourth-order valence-electron chi connectivity index (χ4n) is 2.58. The van der Waals surface area contributed by atoms with Crippen molar-refractivity contribution in [2.24, 2.45) is 0 Å². The molecular formula is C14H22N2O3S2. The number of aryl methyl sites for hydroxylation is 1. The summed E-state index contributed by atoms with van der Waals surface area (Å²) in [7, 11) is -3.31. The van der Waals surface area contributed by atoms with Crippen molar-refractivity contribution in [3.05, 3.63) is 21.9 Å². The molecule has 0 radical (unpaired) electrons. The Balaban J connectivity index is 1.99. The second-order valence-corrected chi connectivity index (χ2v) is 8.37. The van der Waals surface area contributed by atoms with Crippen LogP contribution in [0.25, 0.3) is 0 Å². The molecule has 1 fully saturated rings. The van der Waals surface area contributed by atoms with Gasteiger partial charge in [-0.2, -0.15) is 4.31 Å². The number of rotatable bonds is 6.